The maximum absolute atomic E-state index is 12.3. The number of hydrogen-bond acceptors (Lipinski definition) is 4. The molecule has 0 radical (unpaired) electrons. The highest BCUT2D eigenvalue weighted by atomic mass is 79.9. The van der Waals surface area contributed by atoms with Gasteiger partial charge in [0.1, 0.15) is 0 Å². The van der Waals surface area contributed by atoms with Crippen LogP contribution >= 0.6 is 31.9 Å². The average molecular weight is 459 g/mol. The Bertz CT molecular complexity index is 724. The first-order valence-corrected chi connectivity index (χ1v) is 8.61. The molecule has 0 heterocycles. The van der Waals surface area contributed by atoms with E-state index in [0.29, 0.717) is 22.9 Å². The highest BCUT2D eigenvalue weighted by Crippen LogP contribution is 2.38. The molecule has 7 heteroatoms. The Labute approximate surface area is 157 Å². The van der Waals surface area contributed by atoms with Gasteiger partial charge in [0.15, 0.2) is 11.5 Å². The van der Waals surface area contributed by atoms with Crippen LogP contribution in [-0.4, -0.2) is 27.2 Å². The van der Waals surface area contributed by atoms with Crippen molar-refractivity contribution in [3.8, 4) is 17.2 Å². The van der Waals surface area contributed by atoms with Crippen LogP contribution in [0.2, 0.25) is 0 Å². The molecule has 0 aliphatic rings. The summed E-state index contributed by atoms with van der Waals surface area (Å²) in [5.41, 5.74) is 1.45. The van der Waals surface area contributed by atoms with Crippen molar-refractivity contribution >= 4 is 43.5 Å². The third-order valence-corrected chi connectivity index (χ3v) is 4.48. The van der Waals surface area contributed by atoms with Crippen molar-refractivity contribution in [2.24, 2.45) is 0 Å². The highest BCUT2D eigenvalue weighted by molar-refractivity contribution is 9.11. The zero-order valence-electron chi connectivity index (χ0n) is 13.5. The van der Waals surface area contributed by atoms with Crippen LogP contribution < -0.4 is 19.5 Å². The second kappa shape index (κ2) is 8.39. The number of rotatable bonds is 6. The monoisotopic (exact) mass is 457 g/mol. The second-order valence-electron chi connectivity index (χ2n) is 4.88. The molecule has 0 aliphatic carbocycles. The lowest BCUT2D eigenvalue weighted by atomic mass is 10.1. The number of amides is 1. The average Bonchev–Trinajstić information content (AvgIpc) is 2.57. The van der Waals surface area contributed by atoms with Gasteiger partial charge in [-0.3, -0.25) is 4.79 Å². The molecular weight excluding hydrogens is 442 g/mol. The fourth-order valence-corrected chi connectivity index (χ4v) is 2.92. The molecule has 2 rings (SSSR count). The first-order valence-electron chi connectivity index (χ1n) is 7.02. The number of carbonyl (C=O) groups excluding carboxylic acids is 1. The maximum Gasteiger partial charge on any atom is 0.228 e. The molecule has 0 atom stereocenters. The lowest BCUT2D eigenvalue weighted by molar-refractivity contribution is -0.115. The van der Waals surface area contributed by atoms with Crippen LogP contribution in [0, 0.1) is 0 Å². The van der Waals surface area contributed by atoms with Gasteiger partial charge in [-0.05, 0) is 51.8 Å². The molecule has 0 saturated carbocycles. The van der Waals surface area contributed by atoms with Gasteiger partial charge in [0.05, 0.1) is 33.4 Å². The minimum atomic E-state index is -0.150. The van der Waals surface area contributed by atoms with E-state index in [0.717, 1.165) is 14.5 Å². The zero-order valence-corrected chi connectivity index (χ0v) is 16.7. The van der Waals surface area contributed by atoms with Crippen LogP contribution in [0.4, 0.5) is 5.69 Å². The fourth-order valence-electron chi connectivity index (χ4n) is 2.21. The van der Waals surface area contributed by atoms with Crippen LogP contribution in [0.5, 0.6) is 17.2 Å². The largest absolute Gasteiger partial charge is 0.493 e. The van der Waals surface area contributed by atoms with Crippen LogP contribution in [0.15, 0.2) is 39.3 Å². The lowest BCUT2D eigenvalue weighted by Crippen LogP contribution is -2.15. The molecule has 1 N–H and O–H groups in total. The summed E-state index contributed by atoms with van der Waals surface area (Å²) >= 11 is 6.80. The highest BCUT2D eigenvalue weighted by Gasteiger charge is 2.15. The lowest BCUT2D eigenvalue weighted by Gasteiger charge is -2.14. The van der Waals surface area contributed by atoms with Crippen LogP contribution in [0.3, 0.4) is 0 Å². The van der Waals surface area contributed by atoms with Crippen molar-refractivity contribution in [1.29, 1.82) is 0 Å². The molecule has 128 valence electrons. The molecule has 1 amide bonds. The summed E-state index contributed by atoms with van der Waals surface area (Å²) in [6.07, 6.45) is 0.176. The number of carbonyl (C=O) groups is 1. The number of ether oxygens (including phenoxy) is 3. The summed E-state index contributed by atoms with van der Waals surface area (Å²) in [7, 11) is 4.62. The number of anilines is 1. The summed E-state index contributed by atoms with van der Waals surface area (Å²) in [5, 5.41) is 2.87. The normalized spacial score (nSPS) is 10.2. The topological polar surface area (TPSA) is 56.8 Å². The van der Waals surface area contributed by atoms with Gasteiger partial charge >= 0.3 is 0 Å². The standard InChI is InChI=1S/C17H17Br2NO4/c1-22-14-6-10(7-15(23-2)17(14)24-3)8-16(21)20-13-9-11(18)4-5-12(13)19/h4-7,9H,8H2,1-3H3,(H,20,21). The predicted molar refractivity (Wildman–Crippen MR) is 100 cm³/mol. The van der Waals surface area contributed by atoms with Crippen molar-refractivity contribution in [3.63, 3.8) is 0 Å². The quantitative estimate of drug-likeness (QED) is 0.696. The van der Waals surface area contributed by atoms with E-state index in [1.54, 1.807) is 26.4 Å². The van der Waals surface area contributed by atoms with Crippen LogP contribution in [0.25, 0.3) is 0 Å². The second-order valence-corrected chi connectivity index (χ2v) is 6.65. The molecule has 0 unspecified atom stereocenters. The van der Waals surface area contributed by atoms with Crippen molar-refractivity contribution < 1.29 is 19.0 Å². The molecule has 5 nitrogen and oxygen atoms in total. The van der Waals surface area contributed by atoms with E-state index in [-0.39, 0.29) is 12.3 Å². The van der Waals surface area contributed by atoms with E-state index in [9.17, 15) is 4.79 Å². The van der Waals surface area contributed by atoms with Gasteiger partial charge in [0.2, 0.25) is 11.7 Å². The number of hydrogen-bond donors (Lipinski definition) is 1. The van der Waals surface area contributed by atoms with E-state index in [1.807, 2.05) is 18.2 Å². The van der Waals surface area contributed by atoms with E-state index < -0.39 is 0 Å². The fraction of sp³-hybridized carbons (Fsp3) is 0.235. The molecule has 0 fully saturated rings. The summed E-state index contributed by atoms with van der Waals surface area (Å²) in [6.45, 7) is 0. The smallest absolute Gasteiger partial charge is 0.228 e. The minimum Gasteiger partial charge on any atom is -0.493 e. The van der Waals surface area contributed by atoms with E-state index in [4.69, 9.17) is 14.2 Å². The summed E-state index contributed by atoms with van der Waals surface area (Å²) < 4.78 is 17.6. The Morgan fingerprint density at radius 2 is 1.62 bits per heavy atom. The van der Waals surface area contributed by atoms with E-state index in [1.165, 1.54) is 7.11 Å². The van der Waals surface area contributed by atoms with Crippen molar-refractivity contribution in [2.75, 3.05) is 26.6 Å². The number of methoxy groups -OCH3 is 3. The molecule has 0 aliphatic heterocycles. The van der Waals surface area contributed by atoms with Crippen molar-refractivity contribution in [1.82, 2.24) is 0 Å². The number of nitrogens with one attached hydrogen (secondary N) is 1. The zero-order chi connectivity index (χ0) is 17.7. The van der Waals surface area contributed by atoms with Gasteiger partial charge in [-0.15, -0.1) is 0 Å². The van der Waals surface area contributed by atoms with Gasteiger partial charge < -0.3 is 19.5 Å². The molecule has 24 heavy (non-hydrogen) atoms. The SMILES string of the molecule is COc1cc(CC(=O)Nc2cc(Br)ccc2Br)cc(OC)c1OC. The first-order chi connectivity index (χ1) is 11.5. The predicted octanol–water partition coefficient (Wildman–Crippen LogP) is 4.42. The Morgan fingerprint density at radius 1 is 1.00 bits per heavy atom. The Balaban J connectivity index is 2.21. The summed E-state index contributed by atoms with van der Waals surface area (Å²) in [6, 6.07) is 9.10. The third-order valence-electron chi connectivity index (χ3n) is 3.29. The Kier molecular flexibility index (Phi) is 6.51. The molecule has 2 aromatic carbocycles. The Hall–Kier alpha value is -1.73. The van der Waals surface area contributed by atoms with Crippen molar-refractivity contribution in [2.45, 2.75) is 6.42 Å². The van der Waals surface area contributed by atoms with Crippen LogP contribution in [-0.2, 0) is 11.2 Å². The number of halogens is 2. The Morgan fingerprint density at radius 3 is 2.17 bits per heavy atom. The minimum absolute atomic E-state index is 0.150. The molecule has 0 saturated heterocycles. The maximum atomic E-state index is 12.3. The summed E-state index contributed by atoms with van der Waals surface area (Å²) in [4.78, 5) is 12.3. The van der Waals surface area contributed by atoms with Crippen molar-refractivity contribution in [3.05, 3.63) is 44.8 Å². The van der Waals surface area contributed by atoms with Gasteiger partial charge in [0, 0.05) is 8.95 Å². The first kappa shape index (κ1) is 18.6. The van der Waals surface area contributed by atoms with Gasteiger partial charge in [-0.25, -0.2) is 0 Å². The summed E-state index contributed by atoms with van der Waals surface area (Å²) in [5.74, 6) is 1.38. The third kappa shape index (κ3) is 4.42. The van der Waals surface area contributed by atoms with Crippen LogP contribution in [0.1, 0.15) is 5.56 Å². The molecular formula is C17H17Br2NO4. The van der Waals surface area contributed by atoms with Gasteiger partial charge in [0.25, 0.3) is 0 Å². The van der Waals surface area contributed by atoms with E-state index in [2.05, 4.69) is 37.2 Å². The number of benzene rings is 2. The van der Waals surface area contributed by atoms with Gasteiger partial charge in [-0.2, -0.15) is 0 Å². The molecule has 2 aromatic rings. The van der Waals surface area contributed by atoms with Gasteiger partial charge in [-0.1, -0.05) is 15.9 Å². The molecule has 0 spiro atoms. The molecule has 0 aromatic heterocycles. The van der Waals surface area contributed by atoms with E-state index >= 15 is 0 Å². The molecule has 0 bridgehead atoms.